The second-order valence-electron chi connectivity index (χ2n) is 5.00. The molecule has 1 aliphatic heterocycles. The molecule has 0 bridgehead atoms. The maximum atomic E-state index is 11.8. The van der Waals surface area contributed by atoms with Crippen LogP contribution in [-0.4, -0.2) is 17.6 Å². The van der Waals surface area contributed by atoms with Gasteiger partial charge in [-0.15, -0.1) is 0 Å². The van der Waals surface area contributed by atoms with Gasteiger partial charge in [-0.25, -0.2) is 4.79 Å². The first-order valence-corrected chi connectivity index (χ1v) is 7.18. The third-order valence-corrected chi connectivity index (χ3v) is 3.68. The number of rotatable bonds is 5. The average Bonchev–Trinajstić information content (AvgIpc) is 3.14. The highest BCUT2D eigenvalue weighted by Gasteiger charge is 2.16. The molecule has 3 rings (SSSR count). The van der Waals surface area contributed by atoms with E-state index in [-0.39, 0.29) is 5.97 Å². The number of carbonyl (C=O) groups is 1. The van der Waals surface area contributed by atoms with Crippen LogP contribution in [0.15, 0.2) is 30.5 Å². The Labute approximate surface area is 123 Å². The molecule has 0 radical (unpaired) electrons. The smallest absolute Gasteiger partial charge is 0.356 e. The van der Waals surface area contributed by atoms with Crippen LogP contribution in [0.3, 0.4) is 0 Å². The summed E-state index contributed by atoms with van der Waals surface area (Å²) in [7, 11) is 0. The fourth-order valence-electron chi connectivity index (χ4n) is 2.65. The summed E-state index contributed by atoms with van der Waals surface area (Å²) >= 11 is 0. The molecule has 0 saturated heterocycles. The number of hydrogen-bond donors (Lipinski definition) is 3. The molecule has 0 fully saturated rings. The third-order valence-electron chi connectivity index (χ3n) is 3.68. The fraction of sp³-hybridized carbons (Fsp3) is 0.312. The summed E-state index contributed by atoms with van der Waals surface area (Å²) in [6, 6.07) is 8.20. The van der Waals surface area contributed by atoms with Crippen LogP contribution in [0, 0.1) is 0 Å². The van der Waals surface area contributed by atoms with Gasteiger partial charge in [0.2, 0.25) is 0 Å². The standard InChI is InChI=1S/C16H19N3O2/c1-2-21-16(20)15-14(6-7-18-15)19-9-12-5-3-4-11-8-17-10-13(11)12/h3-7,17-19H,2,8-10H2,1H3. The number of ether oxygens (including phenoxy) is 1. The van der Waals surface area contributed by atoms with Gasteiger partial charge in [0.25, 0.3) is 0 Å². The summed E-state index contributed by atoms with van der Waals surface area (Å²) in [6.07, 6.45) is 1.74. The molecule has 2 heterocycles. The molecule has 5 heteroatoms. The zero-order chi connectivity index (χ0) is 14.7. The quantitative estimate of drug-likeness (QED) is 0.738. The van der Waals surface area contributed by atoms with Crippen molar-refractivity contribution in [1.29, 1.82) is 0 Å². The Balaban J connectivity index is 1.73. The van der Waals surface area contributed by atoms with Crippen molar-refractivity contribution in [2.45, 2.75) is 26.6 Å². The Hall–Kier alpha value is -2.27. The molecule has 110 valence electrons. The van der Waals surface area contributed by atoms with Crippen LogP contribution < -0.4 is 10.6 Å². The van der Waals surface area contributed by atoms with Gasteiger partial charge >= 0.3 is 5.97 Å². The lowest BCUT2D eigenvalue weighted by molar-refractivity contribution is 0.0521. The minimum atomic E-state index is -0.329. The molecular weight excluding hydrogens is 266 g/mol. The molecular formula is C16H19N3O2. The van der Waals surface area contributed by atoms with Crippen LogP contribution >= 0.6 is 0 Å². The Kier molecular flexibility index (Phi) is 3.92. The number of carbonyl (C=O) groups excluding carboxylic acids is 1. The molecule has 3 N–H and O–H groups in total. The highest BCUT2D eigenvalue weighted by atomic mass is 16.5. The first-order valence-electron chi connectivity index (χ1n) is 7.18. The molecule has 0 unspecified atom stereocenters. The summed E-state index contributed by atoms with van der Waals surface area (Å²) in [5, 5.41) is 6.68. The number of H-pyrrole nitrogens is 1. The number of esters is 1. The van der Waals surface area contributed by atoms with E-state index in [2.05, 4.69) is 33.8 Å². The van der Waals surface area contributed by atoms with Gasteiger partial charge < -0.3 is 20.4 Å². The normalized spacial score (nSPS) is 13.0. The SMILES string of the molecule is CCOC(=O)c1[nH]ccc1NCc1cccc2c1CNC2. The lowest BCUT2D eigenvalue weighted by Gasteiger charge is -2.10. The van der Waals surface area contributed by atoms with Crippen molar-refractivity contribution in [1.82, 2.24) is 10.3 Å². The van der Waals surface area contributed by atoms with Gasteiger partial charge in [-0.2, -0.15) is 0 Å². The molecule has 1 aromatic carbocycles. The van der Waals surface area contributed by atoms with Crippen LogP contribution in [-0.2, 0) is 24.4 Å². The van der Waals surface area contributed by atoms with E-state index in [0.29, 0.717) is 18.8 Å². The number of aromatic amines is 1. The van der Waals surface area contributed by atoms with E-state index < -0.39 is 0 Å². The fourth-order valence-corrected chi connectivity index (χ4v) is 2.65. The van der Waals surface area contributed by atoms with Crippen molar-refractivity contribution < 1.29 is 9.53 Å². The van der Waals surface area contributed by atoms with Crippen LogP contribution in [0.4, 0.5) is 5.69 Å². The molecule has 0 atom stereocenters. The van der Waals surface area contributed by atoms with Gasteiger partial charge in [-0.1, -0.05) is 18.2 Å². The summed E-state index contributed by atoms with van der Waals surface area (Å²) in [5.41, 5.74) is 5.22. The maximum absolute atomic E-state index is 11.8. The molecule has 0 saturated carbocycles. The summed E-state index contributed by atoms with van der Waals surface area (Å²) in [4.78, 5) is 14.8. The molecule has 5 nitrogen and oxygen atoms in total. The van der Waals surface area contributed by atoms with E-state index >= 15 is 0 Å². The number of benzene rings is 1. The number of hydrogen-bond acceptors (Lipinski definition) is 4. The van der Waals surface area contributed by atoms with Crippen molar-refractivity contribution >= 4 is 11.7 Å². The van der Waals surface area contributed by atoms with E-state index in [1.807, 2.05) is 6.07 Å². The van der Waals surface area contributed by atoms with Crippen LogP contribution in [0.1, 0.15) is 34.1 Å². The second-order valence-corrected chi connectivity index (χ2v) is 5.00. The average molecular weight is 285 g/mol. The van der Waals surface area contributed by atoms with Gasteiger partial charge in [0, 0.05) is 25.8 Å². The van der Waals surface area contributed by atoms with Gasteiger partial charge in [0.15, 0.2) is 0 Å². The molecule has 2 aromatic rings. The van der Waals surface area contributed by atoms with E-state index in [0.717, 1.165) is 18.8 Å². The van der Waals surface area contributed by atoms with Gasteiger partial charge in [0.05, 0.1) is 12.3 Å². The van der Waals surface area contributed by atoms with Crippen molar-refractivity contribution in [3.8, 4) is 0 Å². The van der Waals surface area contributed by atoms with Crippen molar-refractivity contribution in [2.24, 2.45) is 0 Å². The third kappa shape index (κ3) is 2.78. The van der Waals surface area contributed by atoms with Gasteiger partial charge in [0.1, 0.15) is 5.69 Å². The molecule has 0 aliphatic carbocycles. The van der Waals surface area contributed by atoms with Crippen LogP contribution in [0.25, 0.3) is 0 Å². The number of fused-ring (bicyclic) bond motifs is 1. The van der Waals surface area contributed by atoms with Crippen LogP contribution in [0.2, 0.25) is 0 Å². The minimum absolute atomic E-state index is 0.329. The highest BCUT2D eigenvalue weighted by Crippen LogP contribution is 2.22. The Morgan fingerprint density at radius 2 is 2.24 bits per heavy atom. The topological polar surface area (TPSA) is 66.2 Å². The Bertz CT molecular complexity index is 649. The second kappa shape index (κ2) is 6.01. The lowest BCUT2D eigenvalue weighted by atomic mass is 10.0. The first kappa shape index (κ1) is 13.7. The zero-order valence-electron chi connectivity index (χ0n) is 12.0. The van der Waals surface area contributed by atoms with E-state index in [1.54, 1.807) is 13.1 Å². The molecule has 1 aliphatic rings. The van der Waals surface area contributed by atoms with E-state index in [9.17, 15) is 4.79 Å². The van der Waals surface area contributed by atoms with Gasteiger partial charge in [-0.3, -0.25) is 0 Å². The van der Waals surface area contributed by atoms with Crippen molar-refractivity contribution in [2.75, 3.05) is 11.9 Å². The summed E-state index contributed by atoms with van der Waals surface area (Å²) in [6.45, 7) is 4.70. The molecule has 0 spiro atoms. The van der Waals surface area contributed by atoms with E-state index in [1.165, 1.54) is 16.7 Å². The first-order chi connectivity index (χ1) is 10.3. The maximum Gasteiger partial charge on any atom is 0.356 e. The van der Waals surface area contributed by atoms with E-state index in [4.69, 9.17) is 4.74 Å². The van der Waals surface area contributed by atoms with Crippen molar-refractivity contribution in [3.05, 3.63) is 52.8 Å². The Morgan fingerprint density at radius 1 is 1.33 bits per heavy atom. The number of aromatic nitrogens is 1. The molecule has 0 amide bonds. The van der Waals surface area contributed by atoms with Crippen LogP contribution in [0.5, 0.6) is 0 Å². The summed E-state index contributed by atoms with van der Waals surface area (Å²) < 4.78 is 5.03. The summed E-state index contributed by atoms with van der Waals surface area (Å²) in [5.74, 6) is -0.329. The predicted octanol–water partition coefficient (Wildman–Crippen LogP) is 2.41. The molecule has 21 heavy (non-hydrogen) atoms. The zero-order valence-corrected chi connectivity index (χ0v) is 12.0. The largest absolute Gasteiger partial charge is 0.461 e. The number of anilines is 1. The minimum Gasteiger partial charge on any atom is -0.461 e. The van der Waals surface area contributed by atoms with Crippen molar-refractivity contribution in [3.63, 3.8) is 0 Å². The van der Waals surface area contributed by atoms with Gasteiger partial charge in [-0.05, 0) is 29.7 Å². The highest BCUT2D eigenvalue weighted by molar-refractivity contribution is 5.93. The lowest BCUT2D eigenvalue weighted by Crippen LogP contribution is -2.10. The molecule has 1 aromatic heterocycles. The Morgan fingerprint density at radius 3 is 3.10 bits per heavy atom. The predicted molar refractivity (Wildman–Crippen MR) is 81.1 cm³/mol. The monoisotopic (exact) mass is 285 g/mol. The number of nitrogens with one attached hydrogen (secondary N) is 3.